The number of hydrogen-bond acceptors (Lipinski definition) is 4. The summed E-state index contributed by atoms with van der Waals surface area (Å²) in [6.07, 6.45) is 6.49. The fraction of sp³-hybridized carbons (Fsp3) is 0.481. The molecule has 7 heteroatoms. The topological polar surface area (TPSA) is 87.9 Å². The first-order chi connectivity index (χ1) is 16.5. The van der Waals surface area contributed by atoms with Gasteiger partial charge >= 0.3 is 6.03 Å². The first kappa shape index (κ1) is 24.1. The van der Waals surface area contributed by atoms with Gasteiger partial charge < -0.3 is 20.7 Å². The molecule has 1 fully saturated rings. The van der Waals surface area contributed by atoms with Crippen molar-refractivity contribution in [2.75, 3.05) is 32.1 Å². The summed E-state index contributed by atoms with van der Waals surface area (Å²) in [7, 11) is 1.73. The Morgan fingerprint density at radius 2 is 1.79 bits per heavy atom. The predicted octanol–water partition coefficient (Wildman–Crippen LogP) is 4.06. The Balaban J connectivity index is 1.37. The zero-order valence-corrected chi connectivity index (χ0v) is 20.3. The molecule has 1 atom stereocenters. The van der Waals surface area contributed by atoms with Gasteiger partial charge in [0.1, 0.15) is 5.75 Å². The van der Waals surface area contributed by atoms with Gasteiger partial charge in [0.05, 0.1) is 7.11 Å². The van der Waals surface area contributed by atoms with Crippen molar-refractivity contribution in [1.82, 2.24) is 9.80 Å². The minimum Gasteiger partial charge on any atom is -0.497 e. The molecule has 0 radical (unpaired) electrons. The average molecular weight is 465 g/mol. The smallest absolute Gasteiger partial charge is 0.316 e. The Morgan fingerprint density at radius 1 is 1.06 bits per heavy atom. The van der Waals surface area contributed by atoms with Gasteiger partial charge in [-0.05, 0) is 92.6 Å². The van der Waals surface area contributed by atoms with E-state index in [4.69, 9.17) is 10.5 Å². The molecule has 0 spiro atoms. The highest BCUT2D eigenvalue weighted by atomic mass is 16.5. The van der Waals surface area contributed by atoms with Crippen LogP contribution in [0.2, 0.25) is 0 Å². The average Bonchev–Trinajstić information content (AvgIpc) is 2.86. The van der Waals surface area contributed by atoms with Crippen LogP contribution in [0.4, 0.5) is 10.5 Å². The standard InChI is InChI=1S/C27H36N4O3/c1-3-14-31(24-10-6-19-7-11-25(34-2)18-21(19)17-24)23-12-15-30(16-13-23)26(32)20-4-8-22(9-5-20)29-27(28)33/h4-5,7-9,11,18,23-24H,3,6,10,12-17H2,1-2H3,(H3,28,29,33). The molecule has 1 aliphatic carbocycles. The third-order valence-electron chi connectivity index (χ3n) is 7.19. The number of carbonyl (C=O) groups is 2. The van der Waals surface area contributed by atoms with Gasteiger partial charge in [0.15, 0.2) is 0 Å². The van der Waals surface area contributed by atoms with Crippen LogP contribution in [0.15, 0.2) is 42.5 Å². The Kier molecular flexibility index (Phi) is 7.73. The molecule has 2 aromatic carbocycles. The molecule has 1 aliphatic heterocycles. The quantitative estimate of drug-likeness (QED) is 0.647. The highest BCUT2D eigenvalue weighted by Crippen LogP contribution is 2.31. The molecule has 2 aromatic rings. The van der Waals surface area contributed by atoms with Crippen molar-refractivity contribution < 1.29 is 14.3 Å². The van der Waals surface area contributed by atoms with Gasteiger partial charge in [0, 0.05) is 36.4 Å². The van der Waals surface area contributed by atoms with E-state index in [0.29, 0.717) is 23.3 Å². The van der Waals surface area contributed by atoms with E-state index in [9.17, 15) is 9.59 Å². The van der Waals surface area contributed by atoms with Crippen LogP contribution in [0.25, 0.3) is 0 Å². The van der Waals surface area contributed by atoms with Gasteiger partial charge in [-0.2, -0.15) is 0 Å². The number of methoxy groups -OCH3 is 1. The maximum Gasteiger partial charge on any atom is 0.316 e. The van der Waals surface area contributed by atoms with E-state index in [1.165, 1.54) is 17.5 Å². The molecule has 34 heavy (non-hydrogen) atoms. The summed E-state index contributed by atoms with van der Waals surface area (Å²) in [5.74, 6) is 0.983. The highest BCUT2D eigenvalue weighted by molar-refractivity contribution is 5.95. The summed E-state index contributed by atoms with van der Waals surface area (Å²) in [5, 5.41) is 2.53. The zero-order valence-electron chi connectivity index (χ0n) is 20.3. The van der Waals surface area contributed by atoms with Gasteiger partial charge in [0.2, 0.25) is 0 Å². The molecule has 1 heterocycles. The number of rotatable bonds is 7. The highest BCUT2D eigenvalue weighted by Gasteiger charge is 2.32. The molecular formula is C27H36N4O3. The summed E-state index contributed by atoms with van der Waals surface area (Å²) in [5.41, 5.74) is 9.24. The molecule has 4 rings (SSSR count). The third kappa shape index (κ3) is 5.53. The first-order valence-electron chi connectivity index (χ1n) is 12.4. The van der Waals surface area contributed by atoms with Crippen molar-refractivity contribution in [3.05, 3.63) is 59.2 Å². The number of piperidine rings is 1. The van der Waals surface area contributed by atoms with Crippen molar-refractivity contribution in [2.24, 2.45) is 5.73 Å². The fourth-order valence-corrected chi connectivity index (χ4v) is 5.47. The number of nitrogens with zero attached hydrogens (tertiary/aromatic N) is 2. The van der Waals surface area contributed by atoms with Gasteiger partial charge in [-0.1, -0.05) is 13.0 Å². The number of amides is 3. The number of nitrogens with one attached hydrogen (secondary N) is 1. The minimum atomic E-state index is -0.613. The van der Waals surface area contributed by atoms with Crippen molar-refractivity contribution >= 4 is 17.6 Å². The number of ether oxygens (including phenoxy) is 1. The summed E-state index contributed by atoms with van der Waals surface area (Å²) in [6.45, 7) is 4.88. The van der Waals surface area contributed by atoms with Crippen LogP contribution in [0, 0.1) is 0 Å². The van der Waals surface area contributed by atoms with Crippen LogP contribution in [-0.4, -0.2) is 60.6 Å². The number of likely N-dealkylation sites (tertiary alicyclic amines) is 1. The molecular weight excluding hydrogens is 428 g/mol. The second-order valence-electron chi connectivity index (χ2n) is 9.36. The summed E-state index contributed by atoms with van der Waals surface area (Å²) >= 11 is 0. The van der Waals surface area contributed by atoms with Gasteiger partial charge in [-0.3, -0.25) is 9.69 Å². The Bertz CT molecular complexity index is 999. The van der Waals surface area contributed by atoms with Crippen molar-refractivity contribution in [1.29, 1.82) is 0 Å². The molecule has 3 N–H and O–H groups in total. The molecule has 7 nitrogen and oxygen atoms in total. The number of aryl methyl sites for hydroxylation is 1. The van der Waals surface area contributed by atoms with E-state index in [2.05, 4.69) is 35.3 Å². The predicted molar refractivity (Wildman–Crippen MR) is 134 cm³/mol. The summed E-state index contributed by atoms with van der Waals surface area (Å²) < 4.78 is 5.46. The van der Waals surface area contributed by atoms with Crippen molar-refractivity contribution in [2.45, 2.75) is 57.5 Å². The third-order valence-corrected chi connectivity index (χ3v) is 7.19. The Labute approximate surface area is 202 Å². The SMILES string of the molecule is CCCN(C1CCN(C(=O)c2ccc(NC(N)=O)cc2)CC1)C1CCc2ccc(OC)cc2C1. The number of carbonyl (C=O) groups excluding carboxylic acids is 2. The second-order valence-corrected chi connectivity index (χ2v) is 9.36. The number of hydrogen-bond donors (Lipinski definition) is 2. The Hall–Kier alpha value is -3.06. The van der Waals surface area contributed by atoms with Gasteiger partial charge in [-0.15, -0.1) is 0 Å². The number of benzene rings is 2. The van der Waals surface area contributed by atoms with Crippen molar-refractivity contribution in [3.8, 4) is 5.75 Å². The van der Waals surface area contributed by atoms with E-state index < -0.39 is 6.03 Å². The lowest BCUT2D eigenvalue weighted by atomic mass is 9.85. The largest absolute Gasteiger partial charge is 0.497 e. The van der Waals surface area contributed by atoms with Crippen LogP contribution in [0.1, 0.15) is 54.1 Å². The fourth-order valence-electron chi connectivity index (χ4n) is 5.47. The monoisotopic (exact) mass is 464 g/mol. The number of primary amides is 1. The first-order valence-corrected chi connectivity index (χ1v) is 12.4. The molecule has 1 unspecified atom stereocenters. The summed E-state index contributed by atoms with van der Waals surface area (Å²) in [4.78, 5) is 28.7. The molecule has 0 saturated carbocycles. The molecule has 0 bridgehead atoms. The van der Waals surface area contributed by atoms with Crippen LogP contribution in [0.3, 0.4) is 0 Å². The second kappa shape index (κ2) is 10.9. The van der Waals surface area contributed by atoms with Gasteiger partial charge in [-0.25, -0.2) is 4.79 Å². The molecule has 1 saturated heterocycles. The summed E-state index contributed by atoms with van der Waals surface area (Å²) in [6, 6.07) is 13.8. The molecule has 182 valence electrons. The lowest BCUT2D eigenvalue weighted by molar-refractivity contribution is 0.0507. The normalized spacial score (nSPS) is 18.4. The van der Waals surface area contributed by atoms with E-state index in [0.717, 1.165) is 57.5 Å². The van der Waals surface area contributed by atoms with E-state index in [1.807, 2.05) is 4.90 Å². The van der Waals surface area contributed by atoms with E-state index in [1.54, 1.807) is 31.4 Å². The number of anilines is 1. The number of fused-ring (bicyclic) bond motifs is 1. The van der Waals surface area contributed by atoms with Crippen LogP contribution in [0.5, 0.6) is 5.75 Å². The maximum atomic E-state index is 13.0. The van der Waals surface area contributed by atoms with Crippen LogP contribution < -0.4 is 15.8 Å². The lowest BCUT2D eigenvalue weighted by Crippen LogP contribution is -2.51. The Morgan fingerprint density at radius 3 is 2.44 bits per heavy atom. The van der Waals surface area contributed by atoms with Gasteiger partial charge in [0.25, 0.3) is 5.91 Å². The molecule has 0 aromatic heterocycles. The lowest BCUT2D eigenvalue weighted by Gasteiger charge is -2.44. The maximum absolute atomic E-state index is 13.0. The van der Waals surface area contributed by atoms with Crippen molar-refractivity contribution in [3.63, 3.8) is 0 Å². The van der Waals surface area contributed by atoms with E-state index in [-0.39, 0.29) is 5.91 Å². The molecule has 3 amide bonds. The number of urea groups is 1. The van der Waals surface area contributed by atoms with Crippen LogP contribution >= 0.6 is 0 Å². The molecule has 2 aliphatic rings. The van der Waals surface area contributed by atoms with E-state index >= 15 is 0 Å². The minimum absolute atomic E-state index is 0.0461. The van der Waals surface area contributed by atoms with Crippen LogP contribution in [-0.2, 0) is 12.8 Å². The zero-order chi connectivity index (χ0) is 24.1. The number of nitrogens with two attached hydrogens (primary N) is 1.